The molecule has 5 nitrogen and oxygen atoms in total. The summed E-state index contributed by atoms with van der Waals surface area (Å²) in [5, 5.41) is 6.57. The van der Waals surface area contributed by atoms with Crippen molar-refractivity contribution in [2.45, 2.75) is 13.0 Å². The van der Waals surface area contributed by atoms with Crippen LogP contribution in [0, 0.1) is 0 Å². The molecular weight excluding hydrogens is 437 g/mol. The number of rotatable bonds is 8. The minimum absolute atomic E-state index is 0. The molecule has 0 radical (unpaired) electrons. The molecule has 1 unspecified atom stereocenters. The van der Waals surface area contributed by atoms with Crippen LogP contribution in [0.25, 0.3) is 0 Å². The average Bonchev–Trinajstić information content (AvgIpc) is 2.59. The van der Waals surface area contributed by atoms with E-state index in [0.717, 1.165) is 42.1 Å². The number of fused-ring (bicyclic) bond motifs is 1. The highest BCUT2D eigenvalue weighted by Crippen LogP contribution is 2.30. The third-order valence-corrected chi connectivity index (χ3v) is 4.10. The van der Waals surface area contributed by atoms with Gasteiger partial charge in [-0.05, 0) is 19.1 Å². The van der Waals surface area contributed by atoms with E-state index in [0.29, 0.717) is 13.2 Å². The second-order valence-corrected chi connectivity index (χ2v) is 6.16. The molecule has 0 fully saturated rings. The van der Waals surface area contributed by atoms with Crippen molar-refractivity contribution in [3.8, 4) is 11.5 Å². The van der Waals surface area contributed by atoms with Gasteiger partial charge in [0.15, 0.2) is 23.6 Å². The molecular formula is C17H26IN3O2S. The fourth-order valence-corrected chi connectivity index (χ4v) is 2.68. The van der Waals surface area contributed by atoms with Crippen molar-refractivity contribution in [2.24, 2.45) is 4.99 Å². The first-order valence-electron chi connectivity index (χ1n) is 7.92. The molecule has 1 aromatic carbocycles. The number of hydrogen-bond acceptors (Lipinski definition) is 4. The van der Waals surface area contributed by atoms with Gasteiger partial charge in [0.2, 0.25) is 0 Å². The monoisotopic (exact) mass is 463 g/mol. The number of nitrogens with one attached hydrogen (secondary N) is 2. The van der Waals surface area contributed by atoms with Gasteiger partial charge >= 0.3 is 0 Å². The second-order valence-electron chi connectivity index (χ2n) is 5.01. The number of halogens is 1. The number of hydrogen-bond donors (Lipinski definition) is 2. The van der Waals surface area contributed by atoms with Gasteiger partial charge in [0.05, 0.1) is 6.54 Å². The van der Waals surface area contributed by atoms with Gasteiger partial charge in [-0.1, -0.05) is 18.2 Å². The van der Waals surface area contributed by atoms with Gasteiger partial charge in [-0.2, -0.15) is 11.8 Å². The normalized spacial score (nSPS) is 16.0. The molecule has 7 heteroatoms. The van der Waals surface area contributed by atoms with E-state index in [2.05, 4.69) is 29.1 Å². The van der Waals surface area contributed by atoms with Crippen molar-refractivity contribution in [3.63, 3.8) is 0 Å². The summed E-state index contributed by atoms with van der Waals surface area (Å²) in [6.45, 7) is 8.55. The van der Waals surface area contributed by atoms with Crippen LogP contribution in [-0.2, 0) is 0 Å². The van der Waals surface area contributed by atoms with Crippen LogP contribution in [0.3, 0.4) is 0 Å². The van der Waals surface area contributed by atoms with E-state index in [-0.39, 0.29) is 30.1 Å². The van der Waals surface area contributed by atoms with Crippen molar-refractivity contribution in [1.29, 1.82) is 0 Å². The summed E-state index contributed by atoms with van der Waals surface area (Å²) in [4.78, 5) is 4.59. The summed E-state index contributed by atoms with van der Waals surface area (Å²) >= 11 is 1.84. The third-order valence-electron chi connectivity index (χ3n) is 3.14. The Hall–Kier alpha value is -1.09. The van der Waals surface area contributed by atoms with E-state index in [1.165, 1.54) is 0 Å². The van der Waals surface area contributed by atoms with E-state index in [1.807, 2.05) is 42.1 Å². The Balaban J connectivity index is 0.00000288. The lowest BCUT2D eigenvalue weighted by Gasteiger charge is -2.25. The van der Waals surface area contributed by atoms with Crippen LogP contribution in [0.1, 0.15) is 6.92 Å². The third kappa shape index (κ3) is 7.21. The molecule has 2 N–H and O–H groups in total. The molecule has 1 aliphatic rings. The Morgan fingerprint density at radius 2 is 2.17 bits per heavy atom. The van der Waals surface area contributed by atoms with Crippen LogP contribution in [0.5, 0.6) is 11.5 Å². The van der Waals surface area contributed by atoms with Gasteiger partial charge in [0.1, 0.15) is 6.61 Å². The Morgan fingerprint density at radius 1 is 1.38 bits per heavy atom. The summed E-state index contributed by atoms with van der Waals surface area (Å²) in [5.74, 6) is 4.40. The molecule has 1 aliphatic heterocycles. The minimum Gasteiger partial charge on any atom is -0.486 e. The molecule has 134 valence electrons. The minimum atomic E-state index is -0.0597. The Kier molecular flexibility index (Phi) is 10.7. The molecule has 1 heterocycles. The van der Waals surface area contributed by atoms with E-state index in [4.69, 9.17) is 9.47 Å². The molecule has 2 rings (SSSR count). The maximum Gasteiger partial charge on any atom is 0.191 e. The highest BCUT2D eigenvalue weighted by Gasteiger charge is 2.20. The SMILES string of the molecule is C=CCSCCNC(=NCC1COc2ccccc2O1)NCC.I. The summed E-state index contributed by atoms with van der Waals surface area (Å²) < 4.78 is 11.6. The van der Waals surface area contributed by atoms with Crippen molar-refractivity contribution < 1.29 is 9.47 Å². The van der Waals surface area contributed by atoms with Crippen LogP contribution in [0.15, 0.2) is 41.9 Å². The molecule has 0 saturated carbocycles. The zero-order valence-electron chi connectivity index (χ0n) is 14.0. The number of para-hydroxylation sites is 2. The van der Waals surface area contributed by atoms with Crippen LogP contribution < -0.4 is 20.1 Å². The van der Waals surface area contributed by atoms with Crippen LogP contribution in [0.4, 0.5) is 0 Å². The first-order chi connectivity index (χ1) is 11.3. The number of ether oxygens (including phenoxy) is 2. The van der Waals surface area contributed by atoms with Crippen molar-refractivity contribution in [1.82, 2.24) is 10.6 Å². The maximum atomic E-state index is 5.92. The topological polar surface area (TPSA) is 54.9 Å². The van der Waals surface area contributed by atoms with Gasteiger partial charge in [0.25, 0.3) is 0 Å². The van der Waals surface area contributed by atoms with E-state index < -0.39 is 0 Å². The molecule has 0 aliphatic carbocycles. The molecule has 0 saturated heterocycles. The van der Waals surface area contributed by atoms with Gasteiger partial charge in [-0.3, -0.25) is 0 Å². The smallest absolute Gasteiger partial charge is 0.191 e. The quantitative estimate of drug-likeness (QED) is 0.204. The fourth-order valence-electron chi connectivity index (χ4n) is 2.10. The maximum absolute atomic E-state index is 5.92. The lowest BCUT2D eigenvalue weighted by molar-refractivity contribution is 0.0971. The number of thioether (sulfide) groups is 1. The Morgan fingerprint density at radius 3 is 2.92 bits per heavy atom. The number of aliphatic imine (C=N–C) groups is 1. The lowest BCUT2D eigenvalue weighted by Crippen LogP contribution is -2.40. The molecule has 1 atom stereocenters. The number of guanidine groups is 1. The molecule has 0 amide bonds. The number of nitrogens with zero attached hydrogens (tertiary/aromatic N) is 1. The van der Waals surface area contributed by atoms with Gasteiger partial charge in [0, 0.05) is 24.6 Å². The van der Waals surface area contributed by atoms with Gasteiger partial charge < -0.3 is 20.1 Å². The zero-order valence-corrected chi connectivity index (χ0v) is 17.1. The van der Waals surface area contributed by atoms with Crippen LogP contribution >= 0.6 is 35.7 Å². The van der Waals surface area contributed by atoms with E-state index >= 15 is 0 Å². The molecule has 0 aromatic heterocycles. The standard InChI is InChI=1S/C17H25N3O2S.HI/c1-3-10-23-11-9-19-17(18-4-2)20-12-14-13-21-15-7-5-6-8-16(15)22-14;/h3,5-8,14H,1,4,9-13H2,2H3,(H2,18,19,20);1H. The molecule has 1 aromatic rings. The highest BCUT2D eigenvalue weighted by molar-refractivity contribution is 14.0. The van der Waals surface area contributed by atoms with Crippen molar-refractivity contribution in [2.75, 3.05) is 37.7 Å². The molecule has 0 bridgehead atoms. The van der Waals surface area contributed by atoms with Gasteiger partial charge in [-0.25, -0.2) is 4.99 Å². The van der Waals surface area contributed by atoms with Gasteiger partial charge in [-0.15, -0.1) is 30.6 Å². The number of benzene rings is 1. The Labute approximate surface area is 165 Å². The fraction of sp³-hybridized carbons (Fsp3) is 0.471. The predicted octanol–water partition coefficient (Wildman–Crippen LogP) is 2.92. The largest absolute Gasteiger partial charge is 0.486 e. The van der Waals surface area contributed by atoms with Crippen molar-refractivity contribution in [3.05, 3.63) is 36.9 Å². The molecule has 0 spiro atoms. The lowest BCUT2D eigenvalue weighted by atomic mass is 10.2. The zero-order chi connectivity index (χ0) is 16.3. The van der Waals surface area contributed by atoms with E-state index in [1.54, 1.807) is 0 Å². The average molecular weight is 463 g/mol. The van der Waals surface area contributed by atoms with Crippen LogP contribution in [0.2, 0.25) is 0 Å². The Bertz CT molecular complexity index is 528. The van der Waals surface area contributed by atoms with Crippen molar-refractivity contribution >= 4 is 41.7 Å². The molecule has 24 heavy (non-hydrogen) atoms. The summed E-state index contributed by atoms with van der Waals surface area (Å²) in [6.07, 6.45) is 1.86. The predicted molar refractivity (Wildman–Crippen MR) is 113 cm³/mol. The van der Waals surface area contributed by atoms with E-state index in [9.17, 15) is 0 Å². The second kappa shape index (κ2) is 12.3. The summed E-state index contributed by atoms with van der Waals surface area (Å²) in [7, 11) is 0. The summed E-state index contributed by atoms with van der Waals surface area (Å²) in [5.41, 5.74) is 0. The first-order valence-corrected chi connectivity index (χ1v) is 9.08. The highest BCUT2D eigenvalue weighted by atomic mass is 127. The first kappa shape index (κ1) is 21.0. The summed E-state index contributed by atoms with van der Waals surface area (Å²) in [6, 6.07) is 7.73. The van der Waals surface area contributed by atoms with Crippen LogP contribution in [-0.4, -0.2) is 49.8 Å².